The molecule has 1 fully saturated rings. The van der Waals surface area contributed by atoms with Crippen LogP contribution in [0.25, 0.3) is 0 Å². The summed E-state index contributed by atoms with van der Waals surface area (Å²) in [5, 5.41) is 10.9. The van der Waals surface area contributed by atoms with Gasteiger partial charge in [0.05, 0.1) is 17.0 Å². The molecule has 1 aliphatic heterocycles. The van der Waals surface area contributed by atoms with E-state index in [9.17, 15) is 5.11 Å². The maximum absolute atomic E-state index is 9.82. The van der Waals surface area contributed by atoms with Gasteiger partial charge in [0.15, 0.2) is 0 Å². The molecule has 4 heteroatoms. The highest BCUT2D eigenvalue weighted by Crippen LogP contribution is 2.26. The smallest absolute Gasteiger partial charge is 0.107 e. The molecule has 0 unspecified atom stereocenters. The van der Waals surface area contributed by atoms with Gasteiger partial charge >= 0.3 is 0 Å². The second kappa shape index (κ2) is 4.20. The van der Waals surface area contributed by atoms with Gasteiger partial charge in [-0.05, 0) is 39.8 Å². The van der Waals surface area contributed by atoms with Crippen molar-refractivity contribution in [3.63, 3.8) is 0 Å². The molecule has 2 rings (SSSR count). The molecule has 0 amide bonds. The Morgan fingerprint density at radius 1 is 1.47 bits per heavy atom. The Morgan fingerprint density at radius 2 is 2.13 bits per heavy atom. The van der Waals surface area contributed by atoms with Crippen molar-refractivity contribution >= 4 is 11.3 Å². The topological polar surface area (TPSA) is 36.4 Å². The molecule has 1 aliphatic rings. The number of likely N-dealkylation sites (tertiary alicyclic amines) is 1. The number of thiazole rings is 1. The van der Waals surface area contributed by atoms with Gasteiger partial charge in [-0.1, -0.05) is 0 Å². The SMILES string of the molecule is CC(C)(O)c1cnc(CN2CCCC2)s1. The highest BCUT2D eigenvalue weighted by Gasteiger charge is 2.20. The summed E-state index contributed by atoms with van der Waals surface area (Å²) in [6.07, 6.45) is 4.42. The second-order valence-electron chi connectivity index (χ2n) is 4.66. The number of nitrogens with zero attached hydrogens (tertiary/aromatic N) is 2. The molecule has 0 saturated carbocycles. The summed E-state index contributed by atoms with van der Waals surface area (Å²) in [4.78, 5) is 7.74. The van der Waals surface area contributed by atoms with Crippen LogP contribution in [0, 0.1) is 0 Å². The van der Waals surface area contributed by atoms with E-state index in [1.165, 1.54) is 25.9 Å². The van der Waals surface area contributed by atoms with Crippen molar-refractivity contribution in [2.24, 2.45) is 0 Å². The molecular weight excluding hydrogens is 208 g/mol. The maximum atomic E-state index is 9.82. The molecule has 1 saturated heterocycles. The van der Waals surface area contributed by atoms with E-state index in [2.05, 4.69) is 9.88 Å². The zero-order valence-electron chi connectivity index (χ0n) is 9.36. The predicted octanol–water partition coefficient (Wildman–Crippen LogP) is 1.97. The van der Waals surface area contributed by atoms with Crippen molar-refractivity contribution in [1.29, 1.82) is 0 Å². The van der Waals surface area contributed by atoms with Gasteiger partial charge in [0.1, 0.15) is 5.01 Å². The van der Waals surface area contributed by atoms with Crippen LogP contribution >= 0.6 is 11.3 Å². The van der Waals surface area contributed by atoms with Crippen LogP contribution in [-0.4, -0.2) is 28.1 Å². The fraction of sp³-hybridized carbons (Fsp3) is 0.727. The van der Waals surface area contributed by atoms with Gasteiger partial charge in [-0.2, -0.15) is 0 Å². The standard InChI is InChI=1S/C11H18N2OS/c1-11(2,14)9-7-12-10(15-9)8-13-5-3-4-6-13/h7,14H,3-6,8H2,1-2H3. The minimum absolute atomic E-state index is 0.749. The molecule has 0 atom stereocenters. The first-order valence-corrected chi connectivity index (χ1v) is 6.27. The van der Waals surface area contributed by atoms with E-state index in [4.69, 9.17) is 0 Å². The summed E-state index contributed by atoms with van der Waals surface area (Å²) in [5.41, 5.74) is -0.749. The summed E-state index contributed by atoms with van der Waals surface area (Å²) in [5.74, 6) is 0. The Kier molecular flexibility index (Phi) is 3.09. The average molecular weight is 226 g/mol. The van der Waals surface area contributed by atoms with Crippen LogP contribution in [-0.2, 0) is 12.1 Å². The van der Waals surface area contributed by atoms with Gasteiger partial charge in [0.25, 0.3) is 0 Å². The van der Waals surface area contributed by atoms with Gasteiger partial charge < -0.3 is 5.11 Å². The van der Waals surface area contributed by atoms with E-state index in [0.717, 1.165) is 16.4 Å². The number of aliphatic hydroxyl groups is 1. The van der Waals surface area contributed by atoms with E-state index in [0.29, 0.717) is 0 Å². The van der Waals surface area contributed by atoms with Gasteiger partial charge in [-0.3, -0.25) is 4.90 Å². The van der Waals surface area contributed by atoms with Crippen LogP contribution in [0.1, 0.15) is 36.6 Å². The van der Waals surface area contributed by atoms with Crippen LogP contribution in [0.15, 0.2) is 6.20 Å². The quantitative estimate of drug-likeness (QED) is 0.856. The Balaban J connectivity index is 2.00. The first-order valence-electron chi connectivity index (χ1n) is 5.45. The van der Waals surface area contributed by atoms with E-state index in [1.54, 1.807) is 31.4 Å². The molecular formula is C11H18N2OS. The molecule has 1 aromatic heterocycles. The Morgan fingerprint density at radius 3 is 2.67 bits per heavy atom. The molecule has 0 radical (unpaired) electrons. The van der Waals surface area contributed by atoms with Gasteiger partial charge in [-0.15, -0.1) is 11.3 Å². The molecule has 0 spiro atoms. The first-order chi connectivity index (χ1) is 7.05. The Bertz CT molecular complexity index is 324. The summed E-state index contributed by atoms with van der Waals surface area (Å²) >= 11 is 1.62. The normalized spacial score (nSPS) is 18.6. The van der Waals surface area contributed by atoms with Crippen LogP contribution < -0.4 is 0 Å². The lowest BCUT2D eigenvalue weighted by molar-refractivity contribution is 0.0823. The molecule has 3 nitrogen and oxygen atoms in total. The van der Waals surface area contributed by atoms with E-state index in [1.807, 2.05) is 0 Å². The van der Waals surface area contributed by atoms with Crippen LogP contribution in [0.4, 0.5) is 0 Å². The minimum atomic E-state index is -0.749. The highest BCUT2D eigenvalue weighted by atomic mass is 32.1. The lowest BCUT2D eigenvalue weighted by Gasteiger charge is -2.14. The molecule has 15 heavy (non-hydrogen) atoms. The fourth-order valence-electron chi connectivity index (χ4n) is 1.80. The van der Waals surface area contributed by atoms with E-state index >= 15 is 0 Å². The van der Waals surface area contributed by atoms with Crippen molar-refractivity contribution in [1.82, 2.24) is 9.88 Å². The number of rotatable bonds is 3. The zero-order valence-corrected chi connectivity index (χ0v) is 10.2. The lowest BCUT2D eigenvalue weighted by atomic mass is 10.1. The average Bonchev–Trinajstić information content (AvgIpc) is 2.73. The number of aromatic nitrogens is 1. The third kappa shape index (κ3) is 2.77. The van der Waals surface area contributed by atoms with Gasteiger partial charge in [0, 0.05) is 6.20 Å². The van der Waals surface area contributed by atoms with Crippen LogP contribution in [0.5, 0.6) is 0 Å². The number of hydrogen-bond donors (Lipinski definition) is 1. The molecule has 0 aromatic carbocycles. The van der Waals surface area contributed by atoms with Crippen molar-refractivity contribution in [3.8, 4) is 0 Å². The van der Waals surface area contributed by atoms with Crippen molar-refractivity contribution in [3.05, 3.63) is 16.1 Å². The lowest BCUT2D eigenvalue weighted by Crippen LogP contribution is -2.18. The maximum Gasteiger partial charge on any atom is 0.107 e. The van der Waals surface area contributed by atoms with Crippen LogP contribution in [0.2, 0.25) is 0 Å². The van der Waals surface area contributed by atoms with Crippen molar-refractivity contribution in [2.45, 2.75) is 38.8 Å². The molecule has 0 bridgehead atoms. The third-order valence-electron chi connectivity index (χ3n) is 2.71. The highest BCUT2D eigenvalue weighted by molar-refractivity contribution is 7.11. The summed E-state index contributed by atoms with van der Waals surface area (Å²) in [6, 6.07) is 0. The monoisotopic (exact) mass is 226 g/mol. The molecule has 2 heterocycles. The largest absolute Gasteiger partial charge is 0.385 e. The van der Waals surface area contributed by atoms with Gasteiger partial charge in [-0.25, -0.2) is 4.98 Å². The molecule has 1 N–H and O–H groups in total. The molecule has 1 aromatic rings. The zero-order chi connectivity index (χ0) is 10.9. The van der Waals surface area contributed by atoms with Gasteiger partial charge in [0.2, 0.25) is 0 Å². The minimum Gasteiger partial charge on any atom is -0.385 e. The Labute approximate surface area is 94.8 Å². The van der Waals surface area contributed by atoms with E-state index < -0.39 is 5.60 Å². The number of hydrogen-bond acceptors (Lipinski definition) is 4. The summed E-state index contributed by atoms with van der Waals surface area (Å²) in [6.45, 7) is 6.94. The third-order valence-corrected chi connectivity index (χ3v) is 4.01. The van der Waals surface area contributed by atoms with Crippen LogP contribution in [0.3, 0.4) is 0 Å². The van der Waals surface area contributed by atoms with Crippen molar-refractivity contribution < 1.29 is 5.11 Å². The Hall–Kier alpha value is -0.450. The van der Waals surface area contributed by atoms with E-state index in [-0.39, 0.29) is 0 Å². The molecule has 0 aliphatic carbocycles. The molecule has 84 valence electrons. The van der Waals surface area contributed by atoms with Crippen molar-refractivity contribution in [2.75, 3.05) is 13.1 Å². The first kappa shape index (κ1) is 11.0. The summed E-state index contributed by atoms with van der Waals surface area (Å²) < 4.78 is 0. The summed E-state index contributed by atoms with van der Waals surface area (Å²) in [7, 11) is 0. The predicted molar refractivity (Wildman–Crippen MR) is 61.9 cm³/mol. The fourth-order valence-corrected chi connectivity index (χ4v) is 2.76. The second-order valence-corrected chi connectivity index (χ2v) is 5.78.